The molecule has 7 nitrogen and oxygen atoms in total. The smallest absolute Gasteiger partial charge is 0.243 e. The summed E-state index contributed by atoms with van der Waals surface area (Å²) in [7, 11) is 0. The van der Waals surface area contributed by atoms with Gasteiger partial charge in [0.15, 0.2) is 16.8 Å². The zero-order chi connectivity index (χ0) is 22.4. The van der Waals surface area contributed by atoms with Gasteiger partial charge in [-0.3, -0.25) is 14.5 Å². The Morgan fingerprint density at radius 2 is 1.94 bits per heavy atom. The number of amides is 2. The molecule has 1 fully saturated rings. The lowest BCUT2D eigenvalue weighted by Crippen LogP contribution is -2.54. The summed E-state index contributed by atoms with van der Waals surface area (Å²) >= 11 is 1.25. The number of aromatic nitrogens is 1. The Labute approximate surface area is 184 Å². The van der Waals surface area contributed by atoms with E-state index in [0.29, 0.717) is 10.7 Å². The second-order valence-corrected chi connectivity index (χ2v) is 8.82. The fourth-order valence-corrected chi connectivity index (χ4v) is 4.20. The van der Waals surface area contributed by atoms with Gasteiger partial charge < -0.3 is 16.4 Å². The number of nitrogens with one attached hydrogen (secondary N) is 2. The number of nitrogens with zero attached hydrogens (tertiary/aromatic N) is 2. The predicted molar refractivity (Wildman–Crippen MR) is 115 cm³/mol. The second-order valence-electron chi connectivity index (χ2n) is 7.67. The Bertz CT molecular complexity index is 917. The molecule has 0 saturated carbocycles. The molecule has 1 aromatic heterocycles. The van der Waals surface area contributed by atoms with Crippen molar-refractivity contribution in [1.82, 2.24) is 20.5 Å². The molecule has 2 amide bonds. The van der Waals surface area contributed by atoms with Gasteiger partial charge in [0.2, 0.25) is 11.8 Å². The minimum Gasteiger partial charge on any atom is -0.375 e. The fraction of sp³-hybridized carbons (Fsp3) is 0.476. The van der Waals surface area contributed by atoms with E-state index in [2.05, 4.69) is 20.5 Å². The summed E-state index contributed by atoms with van der Waals surface area (Å²) < 4.78 is 26.9. The van der Waals surface area contributed by atoms with Crippen molar-refractivity contribution < 1.29 is 18.4 Å². The van der Waals surface area contributed by atoms with Crippen LogP contribution < -0.4 is 16.4 Å². The van der Waals surface area contributed by atoms with Gasteiger partial charge in [0, 0.05) is 17.5 Å². The van der Waals surface area contributed by atoms with E-state index in [9.17, 15) is 18.4 Å². The zero-order valence-electron chi connectivity index (χ0n) is 17.4. The topological polar surface area (TPSA) is 100 Å². The SMILES string of the molecule is C[C@@H](C(=O)N[C@@H](Cc1ccc(F)c(F)c1)C(=O)NCc1cnc(N)s1)N1CCCCC1. The van der Waals surface area contributed by atoms with Crippen LogP contribution in [-0.2, 0) is 22.6 Å². The number of carbonyl (C=O) groups is 2. The summed E-state index contributed by atoms with van der Waals surface area (Å²) in [5.41, 5.74) is 6.02. The molecule has 0 unspecified atom stereocenters. The molecule has 4 N–H and O–H groups in total. The maximum Gasteiger partial charge on any atom is 0.243 e. The van der Waals surface area contributed by atoms with E-state index in [1.807, 2.05) is 6.92 Å². The number of rotatable bonds is 8. The third-order valence-electron chi connectivity index (χ3n) is 5.38. The van der Waals surface area contributed by atoms with Gasteiger partial charge in [0.1, 0.15) is 6.04 Å². The first-order chi connectivity index (χ1) is 14.8. The Morgan fingerprint density at radius 3 is 2.58 bits per heavy atom. The van der Waals surface area contributed by atoms with Crippen molar-refractivity contribution in [2.75, 3.05) is 18.8 Å². The molecule has 168 valence electrons. The second kappa shape index (κ2) is 10.6. The quantitative estimate of drug-likeness (QED) is 0.572. The van der Waals surface area contributed by atoms with Gasteiger partial charge in [0.05, 0.1) is 12.6 Å². The lowest BCUT2D eigenvalue weighted by molar-refractivity contribution is -0.132. The van der Waals surface area contributed by atoms with Gasteiger partial charge in [-0.2, -0.15) is 0 Å². The number of piperidine rings is 1. The van der Waals surface area contributed by atoms with E-state index in [4.69, 9.17) is 5.73 Å². The minimum atomic E-state index is -0.996. The normalized spacial score (nSPS) is 16.5. The summed E-state index contributed by atoms with van der Waals surface area (Å²) in [5, 5.41) is 5.95. The van der Waals surface area contributed by atoms with Crippen LogP contribution in [0.25, 0.3) is 0 Å². The molecule has 0 radical (unpaired) electrons. The van der Waals surface area contributed by atoms with Crippen LogP contribution in [0.4, 0.5) is 13.9 Å². The number of halogens is 2. The monoisotopic (exact) mass is 451 g/mol. The summed E-state index contributed by atoms with van der Waals surface area (Å²) in [5.74, 6) is -2.65. The molecule has 0 aliphatic carbocycles. The van der Waals surface area contributed by atoms with Crippen LogP contribution in [0.15, 0.2) is 24.4 Å². The molecular formula is C21H27F2N5O2S. The number of likely N-dealkylation sites (tertiary alicyclic amines) is 1. The van der Waals surface area contributed by atoms with Crippen LogP contribution in [-0.4, -0.2) is 46.9 Å². The van der Waals surface area contributed by atoms with Crippen LogP contribution in [0.5, 0.6) is 0 Å². The van der Waals surface area contributed by atoms with Gasteiger partial charge in [-0.25, -0.2) is 13.8 Å². The highest BCUT2D eigenvalue weighted by Gasteiger charge is 2.28. The third kappa shape index (κ3) is 6.44. The first-order valence-electron chi connectivity index (χ1n) is 10.3. The van der Waals surface area contributed by atoms with E-state index in [0.717, 1.165) is 49.4 Å². The lowest BCUT2D eigenvalue weighted by atomic mass is 10.0. The van der Waals surface area contributed by atoms with Gasteiger partial charge in [-0.1, -0.05) is 12.5 Å². The lowest BCUT2D eigenvalue weighted by Gasteiger charge is -2.32. The van der Waals surface area contributed by atoms with Crippen molar-refractivity contribution in [2.45, 2.75) is 51.2 Å². The number of nitrogen functional groups attached to an aromatic ring is 1. The van der Waals surface area contributed by atoms with E-state index < -0.39 is 23.6 Å². The maximum absolute atomic E-state index is 13.6. The van der Waals surface area contributed by atoms with Gasteiger partial charge in [0.25, 0.3) is 0 Å². The third-order valence-corrected chi connectivity index (χ3v) is 6.21. The number of hydrogen-bond donors (Lipinski definition) is 3. The highest BCUT2D eigenvalue weighted by atomic mass is 32.1. The van der Waals surface area contributed by atoms with Crippen molar-refractivity contribution in [3.8, 4) is 0 Å². The molecule has 2 heterocycles. The number of benzene rings is 1. The van der Waals surface area contributed by atoms with Crippen LogP contribution in [0.1, 0.15) is 36.6 Å². The van der Waals surface area contributed by atoms with E-state index in [1.54, 1.807) is 6.20 Å². The van der Waals surface area contributed by atoms with Crippen LogP contribution in [0, 0.1) is 11.6 Å². The molecule has 2 atom stereocenters. The number of nitrogens with two attached hydrogens (primary N) is 1. The molecule has 2 aromatic rings. The average Bonchev–Trinajstić information content (AvgIpc) is 3.19. The molecule has 1 aliphatic heterocycles. The van der Waals surface area contributed by atoms with Crippen molar-refractivity contribution in [1.29, 1.82) is 0 Å². The minimum absolute atomic E-state index is 0.0341. The zero-order valence-corrected chi connectivity index (χ0v) is 18.2. The number of carbonyl (C=O) groups excluding carboxylic acids is 2. The molecule has 1 aromatic carbocycles. The number of anilines is 1. The van der Waals surface area contributed by atoms with Gasteiger partial charge >= 0.3 is 0 Å². The fourth-order valence-electron chi connectivity index (χ4n) is 3.58. The van der Waals surface area contributed by atoms with Crippen LogP contribution in [0.2, 0.25) is 0 Å². The summed E-state index contributed by atoms with van der Waals surface area (Å²) in [6.07, 6.45) is 4.82. The summed E-state index contributed by atoms with van der Waals surface area (Å²) in [4.78, 5) is 32.5. The maximum atomic E-state index is 13.6. The van der Waals surface area contributed by atoms with Gasteiger partial charge in [-0.05, 0) is 50.6 Å². The van der Waals surface area contributed by atoms with Crippen molar-refractivity contribution in [3.05, 3.63) is 46.5 Å². The Hall–Kier alpha value is -2.59. The molecule has 0 bridgehead atoms. The average molecular weight is 452 g/mol. The molecule has 1 aliphatic rings. The van der Waals surface area contributed by atoms with E-state index in [-0.39, 0.29) is 24.9 Å². The summed E-state index contributed by atoms with van der Waals surface area (Å²) in [6, 6.07) is 2.14. The highest BCUT2D eigenvalue weighted by molar-refractivity contribution is 7.15. The Balaban J connectivity index is 1.69. The van der Waals surface area contributed by atoms with Crippen molar-refractivity contribution >= 4 is 28.3 Å². The number of hydrogen-bond acceptors (Lipinski definition) is 6. The molecule has 10 heteroatoms. The highest BCUT2D eigenvalue weighted by Crippen LogP contribution is 2.15. The molecule has 0 spiro atoms. The van der Waals surface area contributed by atoms with Gasteiger partial charge in [-0.15, -0.1) is 11.3 Å². The first kappa shape index (κ1) is 23.1. The largest absolute Gasteiger partial charge is 0.375 e. The first-order valence-corrected chi connectivity index (χ1v) is 11.1. The molecule has 1 saturated heterocycles. The van der Waals surface area contributed by atoms with Crippen LogP contribution >= 0.6 is 11.3 Å². The van der Waals surface area contributed by atoms with Crippen LogP contribution in [0.3, 0.4) is 0 Å². The van der Waals surface area contributed by atoms with E-state index in [1.165, 1.54) is 17.4 Å². The van der Waals surface area contributed by atoms with Crippen molar-refractivity contribution in [3.63, 3.8) is 0 Å². The molecule has 3 rings (SSSR count). The molecular weight excluding hydrogens is 424 g/mol. The standard InChI is InChI=1S/C21H27F2N5O2S/c1-13(28-7-3-2-4-8-28)19(29)27-18(10-14-5-6-16(22)17(23)9-14)20(30)25-11-15-12-26-21(24)31-15/h5-6,9,12-13,18H,2-4,7-8,10-11H2,1H3,(H2,24,26)(H,25,30)(H,27,29)/t13-,18-/m0/s1. The number of thiazole rings is 1. The van der Waals surface area contributed by atoms with E-state index >= 15 is 0 Å². The predicted octanol–water partition coefficient (Wildman–Crippen LogP) is 2.22. The Kier molecular flexibility index (Phi) is 7.91. The summed E-state index contributed by atoms with van der Waals surface area (Å²) in [6.45, 7) is 3.69. The van der Waals surface area contributed by atoms with Crippen molar-refractivity contribution in [2.24, 2.45) is 0 Å². The Morgan fingerprint density at radius 1 is 1.19 bits per heavy atom. The molecule has 31 heavy (non-hydrogen) atoms.